The molecule has 14 nitrogen and oxygen atoms in total. The average molecular weight is 634 g/mol. The van der Waals surface area contributed by atoms with Gasteiger partial charge in [-0.15, -0.1) is 0 Å². The number of nitrogens with zero attached hydrogens (tertiary/aromatic N) is 4. The Labute approximate surface area is 253 Å². The lowest BCUT2D eigenvalue weighted by Crippen LogP contribution is -2.41. The van der Waals surface area contributed by atoms with Crippen LogP contribution in [0.15, 0.2) is 35.3 Å². The predicted molar refractivity (Wildman–Crippen MR) is 153 cm³/mol. The number of carboxylic acids is 1. The molecule has 1 atom stereocenters. The Morgan fingerprint density at radius 1 is 1.00 bits per heavy atom. The van der Waals surface area contributed by atoms with Crippen molar-refractivity contribution >= 4 is 52.3 Å². The maximum absolute atomic E-state index is 13.5. The van der Waals surface area contributed by atoms with E-state index in [0.29, 0.717) is 4.90 Å². The quantitative estimate of drug-likeness (QED) is 0.229. The summed E-state index contributed by atoms with van der Waals surface area (Å²) in [6.07, 6.45) is -4.55. The number of hydrogen-bond acceptors (Lipinski definition) is 9. The van der Waals surface area contributed by atoms with Gasteiger partial charge >= 0.3 is 18.1 Å². The van der Waals surface area contributed by atoms with Crippen LogP contribution in [0, 0.1) is 11.8 Å². The molecule has 0 aliphatic rings. The molecule has 0 aliphatic heterocycles. The second-order valence-corrected chi connectivity index (χ2v) is 10.6. The van der Waals surface area contributed by atoms with Crippen molar-refractivity contribution in [1.82, 2.24) is 25.3 Å². The maximum Gasteiger partial charge on any atom is 0.471 e. The Kier molecular flexibility index (Phi) is 10.7. The van der Waals surface area contributed by atoms with Crippen molar-refractivity contribution in [2.75, 3.05) is 10.2 Å². The fourth-order valence-electron chi connectivity index (χ4n) is 3.81. The standard InChI is InChI=1S/C28H30F3N7O7/c1-13(2)19(39)10-9-18(25(43)44)34-23(41)15-5-7-17(8-6-15)38(26(45)28(29,30)31)12-16-11-32-21-20(33-16)24(42)37-27(35-21)36-22(40)14(3)4/h5-8,11,13-14,18H,9-10,12H2,1-4H3,(H,34,41)(H,43,44)(H2,32,35,36,37,40,42)/t18-/m0/s1. The van der Waals surface area contributed by atoms with Crippen LogP contribution in [0.3, 0.4) is 0 Å². The van der Waals surface area contributed by atoms with E-state index < -0.39 is 53.9 Å². The molecule has 1 aromatic carbocycles. The molecule has 17 heteroatoms. The minimum Gasteiger partial charge on any atom is -0.480 e. The van der Waals surface area contributed by atoms with Crippen LogP contribution in [0.25, 0.3) is 11.2 Å². The summed E-state index contributed by atoms with van der Waals surface area (Å²) in [5.41, 5.74) is -2.04. The minimum absolute atomic E-state index is 0.0855. The summed E-state index contributed by atoms with van der Waals surface area (Å²) in [5.74, 6) is -6.09. The lowest BCUT2D eigenvalue weighted by atomic mass is 10.0. The van der Waals surface area contributed by atoms with Crippen LogP contribution in [0.1, 0.15) is 56.6 Å². The van der Waals surface area contributed by atoms with Crippen LogP contribution >= 0.6 is 0 Å². The number of ketones is 1. The second-order valence-electron chi connectivity index (χ2n) is 10.6. The molecule has 3 rings (SSSR count). The lowest BCUT2D eigenvalue weighted by Gasteiger charge is -2.24. The number of fused-ring (bicyclic) bond motifs is 1. The Bertz CT molecular complexity index is 1670. The van der Waals surface area contributed by atoms with Gasteiger partial charge in [-0.25, -0.2) is 14.8 Å². The van der Waals surface area contributed by atoms with E-state index in [2.05, 4.69) is 30.6 Å². The summed E-state index contributed by atoms with van der Waals surface area (Å²) in [5, 5.41) is 14.1. The number of carbonyl (C=O) groups is 5. The van der Waals surface area contributed by atoms with Crippen molar-refractivity contribution in [3.05, 3.63) is 52.1 Å². The number of benzene rings is 1. The van der Waals surface area contributed by atoms with E-state index in [4.69, 9.17) is 0 Å². The number of carboxylic acid groups (broad SMARTS) is 1. The first-order chi connectivity index (χ1) is 21.0. The predicted octanol–water partition coefficient (Wildman–Crippen LogP) is 2.59. The van der Waals surface area contributed by atoms with Gasteiger partial charge in [-0.05, 0) is 30.7 Å². The molecule has 0 bridgehead atoms. The van der Waals surface area contributed by atoms with Crippen molar-refractivity contribution in [2.24, 2.45) is 11.8 Å². The Balaban J connectivity index is 1.86. The number of aromatic nitrogens is 4. The molecule has 240 valence electrons. The summed E-state index contributed by atoms with van der Waals surface area (Å²) in [6.45, 7) is 5.75. The van der Waals surface area contributed by atoms with Crippen molar-refractivity contribution in [2.45, 2.75) is 59.3 Å². The van der Waals surface area contributed by atoms with Crippen molar-refractivity contribution < 1.29 is 42.3 Å². The molecule has 45 heavy (non-hydrogen) atoms. The molecule has 3 amide bonds. The van der Waals surface area contributed by atoms with E-state index in [1.54, 1.807) is 27.7 Å². The van der Waals surface area contributed by atoms with Gasteiger partial charge in [0.1, 0.15) is 11.8 Å². The summed E-state index contributed by atoms with van der Waals surface area (Å²) in [7, 11) is 0. The third kappa shape index (κ3) is 8.90. The van der Waals surface area contributed by atoms with Crippen molar-refractivity contribution in [1.29, 1.82) is 0 Å². The number of amides is 3. The number of H-pyrrole nitrogens is 1. The zero-order chi connectivity index (χ0) is 33.6. The molecular weight excluding hydrogens is 603 g/mol. The van der Waals surface area contributed by atoms with E-state index >= 15 is 0 Å². The summed E-state index contributed by atoms with van der Waals surface area (Å²) in [6, 6.07) is 2.88. The topological polar surface area (TPSA) is 204 Å². The molecule has 0 fully saturated rings. The van der Waals surface area contributed by atoms with Gasteiger partial charge in [0, 0.05) is 29.5 Å². The molecule has 0 spiro atoms. The Morgan fingerprint density at radius 3 is 2.20 bits per heavy atom. The van der Waals surface area contributed by atoms with E-state index in [1.807, 2.05) is 0 Å². The van der Waals surface area contributed by atoms with Gasteiger partial charge in [0.25, 0.3) is 11.5 Å². The number of hydrogen-bond donors (Lipinski definition) is 4. The fourth-order valence-corrected chi connectivity index (χ4v) is 3.81. The fraction of sp³-hybridized carbons (Fsp3) is 0.393. The summed E-state index contributed by atoms with van der Waals surface area (Å²) in [4.78, 5) is 87.6. The number of halogens is 3. The number of rotatable bonds is 12. The number of aromatic amines is 1. The SMILES string of the molecule is CC(C)C(=O)CC[C@H](NC(=O)c1ccc(N(Cc2cnc3nc(NC(=O)C(C)C)[nH]c(=O)c3n2)C(=O)C(F)(F)F)cc1)C(=O)O. The normalized spacial score (nSPS) is 12.2. The van der Waals surface area contributed by atoms with Crippen LogP contribution in [0.2, 0.25) is 0 Å². The molecule has 0 saturated carbocycles. The largest absolute Gasteiger partial charge is 0.480 e. The molecule has 3 aromatic rings. The molecule has 0 saturated heterocycles. The third-order valence-electron chi connectivity index (χ3n) is 6.41. The Morgan fingerprint density at radius 2 is 1.64 bits per heavy atom. The van der Waals surface area contributed by atoms with Crippen LogP contribution in [0.5, 0.6) is 0 Å². The zero-order valence-electron chi connectivity index (χ0n) is 24.6. The highest BCUT2D eigenvalue weighted by Crippen LogP contribution is 2.26. The van der Waals surface area contributed by atoms with Crippen LogP contribution in [0.4, 0.5) is 24.8 Å². The van der Waals surface area contributed by atoms with E-state index in [0.717, 1.165) is 30.5 Å². The minimum atomic E-state index is -5.31. The summed E-state index contributed by atoms with van der Waals surface area (Å²) < 4.78 is 40.6. The summed E-state index contributed by atoms with van der Waals surface area (Å²) >= 11 is 0. The first kappa shape index (κ1) is 34.3. The molecule has 0 radical (unpaired) electrons. The first-order valence-electron chi connectivity index (χ1n) is 13.6. The maximum atomic E-state index is 13.5. The highest BCUT2D eigenvalue weighted by Gasteiger charge is 2.43. The highest BCUT2D eigenvalue weighted by atomic mass is 19.4. The zero-order valence-corrected chi connectivity index (χ0v) is 24.6. The van der Waals surface area contributed by atoms with E-state index in [9.17, 15) is 47.0 Å². The van der Waals surface area contributed by atoms with Gasteiger partial charge in [0.2, 0.25) is 11.9 Å². The number of alkyl halides is 3. The number of anilines is 2. The monoisotopic (exact) mass is 633 g/mol. The number of aliphatic carboxylic acids is 1. The van der Waals surface area contributed by atoms with Crippen molar-refractivity contribution in [3.8, 4) is 0 Å². The van der Waals surface area contributed by atoms with Gasteiger partial charge in [-0.3, -0.25) is 39.2 Å². The Hall–Kier alpha value is -5.22. The molecule has 0 unspecified atom stereocenters. The van der Waals surface area contributed by atoms with Gasteiger partial charge in [0.15, 0.2) is 11.2 Å². The van der Waals surface area contributed by atoms with Gasteiger partial charge in [-0.1, -0.05) is 27.7 Å². The van der Waals surface area contributed by atoms with E-state index in [-0.39, 0.29) is 58.6 Å². The van der Waals surface area contributed by atoms with E-state index in [1.165, 1.54) is 0 Å². The number of Topliss-reactive ketones (excluding diaryl/α,β-unsaturated/α-hetero) is 1. The van der Waals surface area contributed by atoms with Gasteiger partial charge in [-0.2, -0.15) is 18.2 Å². The molecular formula is C28H30F3N7O7. The lowest BCUT2D eigenvalue weighted by molar-refractivity contribution is -0.170. The number of nitrogens with one attached hydrogen (secondary N) is 3. The van der Waals surface area contributed by atoms with Crippen LogP contribution in [-0.4, -0.2) is 66.7 Å². The molecule has 0 aliphatic carbocycles. The third-order valence-corrected chi connectivity index (χ3v) is 6.41. The van der Waals surface area contributed by atoms with Crippen LogP contribution < -0.4 is 21.1 Å². The highest BCUT2D eigenvalue weighted by molar-refractivity contribution is 5.99. The number of carbonyl (C=O) groups excluding carboxylic acids is 4. The second kappa shape index (κ2) is 14.0. The molecule has 4 N–H and O–H groups in total. The van der Waals surface area contributed by atoms with Crippen LogP contribution in [-0.2, 0) is 25.7 Å². The average Bonchev–Trinajstić information content (AvgIpc) is 2.96. The smallest absolute Gasteiger partial charge is 0.471 e. The van der Waals surface area contributed by atoms with Gasteiger partial charge in [0.05, 0.1) is 18.4 Å². The van der Waals surface area contributed by atoms with Gasteiger partial charge < -0.3 is 10.4 Å². The molecule has 2 aromatic heterocycles. The first-order valence-corrected chi connectivity index (χ1v) is 13.6. The van der Waals surface area contributed by atoms with Crippen molar-refractivity contribution in [3.63, 3.8) is 0 Å². The molecule has 2 heterocycles.